The number of halogens is 2. The number of hydrogen-bond acceptors (Lipinski definition) is 3. The van der Waals surface area contributed by atoms with Gasteiger partial charge in [-0.05, 0) is 35.4 Å². The van der Waals surface area contributed by atoms with Crippen molar-refractivity contribution >= 4 is 46.5 Å². The molecule has 2 aromatic carbocycles. The van der Waals surface area contributed by atoms with Crippen molar-refractivity contribution in [3.63, 3.8) is 0 Å². The van der Waals surface area contributed by atoms with Gasteiger partial charge in [-0.1, -0.05) is 47.5 Å². The van der Waals surface area contributed by atoms with E-state index in [0.717, 1.165) is 4.90 Å². The first-order valence-corrected chi connectivity index (χ1v) is 8.51. The normalized spacial score (nSPS) is 14.2. The maximum Gasteiger partial charge on any atom is 0.273 e. The lowest BCUT2D eigenvalue weighted by molar-refractivity contribution is -0.137. The molecule has 3 amide bonds. The van der Waals surface area contributed by atoms with Crippen molar-refractivity contribution in [1.82, 2.24) is 10.2 Å². The van der Waals surface area contributed by atoms with E-state index in [9.17, 15) is 14.4 Å². The number of hydrogen-bond donors (Lipinski definition) is 1. The molecule has 0 spiro atoms. The average molecular weight is 389 g/mol. The van der Waals surface area contributed by atoms with Crippen LogP contribution >= 0.6 is 23.2 Å². The SMILES string of the molecule is CNC(=O)c1cccc(CN2C(=O)C(Cl)=C(c3ccc(Cl)cc3)C2=O)c1. The molecule has 0 atom stereocenters. The number of benzene rings is 2. The zero-order chi connectivity index (χ0) is 18.8. The highest BCUT2D eigenvalue weighted by atomic mass is 35.5. The molecule has 3 rings (SSSR count). The van der Waals surface area contributed by atoms with Gasteiger partial charge in [0.05, 0.1) is 12.1 Å². The van der Waals surface area contributed by atoms with Crippen LogP contribution in [0.5, 0.6) is 0 Å². The van der Waals surface area contributed by atoms with Gasteiger partial charge in [-0.2, -0.15) is 0 Å². The van der Waals surface area contributed by atoms with Crippen LogP contribution in [0.1, 0.15) is 21.5 Å². The molecular weight excluding hydrogens is 375 g/mol. The number of carbonyl (C=O) groups is 3. The molecule has 1 aliphatic rings. The van der Waals surface area contributed by atoms with E-state index in [-0.39, 0.29) is 23.1 Å². The fourth-order valence-electron chi connectivity index (χ4n) is 2.69. The Kier molecular flexibility index (Phi) is 5.11. The Balaban J connectivity index is 1.87. The first-order chi connectivity index (χ1) is 12.4. The number of nitrogens with one attached hydrogen (secondary N) is 1. The number of imide groups is 1. The first-order valence-electron chi connectivity index (χ1n) is 7.75. The third kappa shape index (κ3) is 3.36. The average Bonchev–Trinajstić information content (AvgIpc) is 2.86. The van der Waals surface area contributed by atoms with E-state index in [1.807, 2.05) is 0 Å². The summed E-state index contributed by atoms with van der Waals surface area (Å²) in [5.41, 5.74) is 1.77. The third-order valence-electron chi connectivity index (χ3n) is 4.00. The molecule has 0 fully saturated rings. The van der Waals surface area contributed by atoms with Gasteiger partial charge in [0.25, 0.3) is 17.7 Å². The molecule has 0 aliphatic carbocycles. The van der Waals surface area contributed by atoms with E-state index in [0.29, 0.717) is 21.7 Å². The predicted octanol–water partition coefficient (Wildman–Crippen LogP) is 3.22. The van der Waals surface area contributed by atoms with Gasteiger partial charge in [-0.25, -0.2) is 0 Å². The lowest BCUT2D eigenvalue weighted by Gasteiger charge is -2.15. The Morgan fingerprint density at radius 3 is 2.38 bits per heavy atom. The van der Waals surface area contributed by atoms with Gasteiger partial charge in [0.1, 0.15) is 5.03 Å². The van der Waals surface area contributed by atoms with Crippen LogP contribution in [-0.4, -0.2) is 29.7 Å². The van der Waals surface area contributed by atoms with Crippen LogP contribution in [0.25, 0.3) is 5.57 Å². The van der Waals surface area contributed by atoms with Gasteiger partial charge in [-0.3, -0.25) is 19.3 Å². The summed E-state index contributed by atoms with van der Waals surface area (Å²) in [6.07, 6.45) is 0. The molecule has 0 bridgehead atoms. The Hall–Kier alpha value is -2.63. The molecule has 7 heteroatoms. The van der Waals surface area contributed by atoms with E-state index in [4.69, 9.17) is 23.2 Å². The summed E-state index contributed by atoms with van der Waals surface area (Å²) in [5.74, 6) is -1.29. The minimum Gasteiger partial charge on any atom is -0.355 e. The zero-order valence-corrected chi connectivity index (χ0v) is 15.3. The molecule has 5 nitrogen and oxygen atoms in total. The summed E-state index contributed by atoms with van der Waals surface area (Å²) in [6.45, 7) is 0.0236. The van der Waals surface area contributed by atoms with Crippen LogP contribution in [0.3, 0.4) is 0 Å². The van der Waals surface area contributed by atoms with E-state index in [1.165, 1.54) is 7.05 Å². The summed E-state index contributed by atoms with van der Waals surface area (Å²) >= 11 is 12.0. The van der Waals surface area contributed by atoms with Gasteiger partial charge in [0, 0.05) is 17.6 Å². The van der Waals surface area contributed by atoms with Crippen LogP contribution in [0, 0.1) is 0 Å². The van der Waals surface area contributed by atoms with Crippen molar-refractivity contribution in [3.05, 3.63) is 75.3 Å². The molecule has 26 heavy (non-hydrogen) atoms. The smallest absolute Gasteiger partial charge is 0.273 e. The second kappa shape index (κ2) is 7.32. The molecule has 1 aliphatic heterocycles. The van der Waals surface area contributed by atoms with Crippen LogP contribution in [-0.2, 0) is 16.1 Å². The topological polar surface area (TPSA) is 66.5 Å². The molecular formula is C19H14Cl2N2O3. The number of carbonyl (C=O) groups excluding carboxylic acids is 3. The molecule has 0 aromatic heterocycles. The molecule has 1 N–H and O–H groups in total. The van der Waals surface area contributed by atoms with Crippen molar-refractivity contribution in [3.8, 4) is 0 Å². The Morgan fingerprint density at radius 2 is 1.73 bits per heavy atom. The fraction of sp³-hybridized carbons (Fsp3) is 0.105. The van der Waals surface area contributed by atoms with Gasteiger partial charge >= 0.3 is 0 Å². The largest absolute Gasteiger partial charge is 0.355 e. The fourth-order valence-corrected chi connectivity index (χ4v) is 3.11. The Labute approximate surface area is 160 Å². The van der Waals surface area contributed by atoms with Crippen LogP contribution in [0.4, 0.5) is 0 Å². The summed E-state index contributed by atoms with van der Waals surface area (Å²) in [4.78, 5) is 38.0. The summed E-state index contributed by atoms with van der Waals surface area (Å²) in [5, 5.41) is 2.93. The number of rotatable bonds is 4. The third-order valence-corrected chi connectivity index (χ3v) is 4.60. The minimum atomic E-state index is -0.563. The van der Waals surface area contributed by atoms with E-state index in [1.54, 1.807) is 48.5 Å². The highest BCUT2D eigenvalue weighted by Crippen LogP contribution is 2.33. The summed E-state index contributed by atoms with van der Waals surface area (Å²) in [7, 11) is 1.53. The van der Waals surface area contributed by atoms with Crippen molar-refractivity contribution < 1.29 is 14.4 Å². The molecule has 1 heterocycles. The maximum atomic E-state index is 12.7. The number of amides is 3. The molecule has 0 saturated heterocycles. The highest BCUT2D eigenvalue weighted by molar-refractivity contribution is 6.55. The van der Waals surface area contributed by atoms with E-state index in [2.05, 4.69) is 5.32 Å². The van der Waals surface area contributed by atoms with Crippen LogP contribution in [0.15, 0.2) is 53.6 Å². The lowest BCUT2D eigenvalue weighted by Crippen LogP contribution is -2.31. The first kappa shape index (κ1) is 18.2. The quantitative estimate of drug-likeness (QED) is 0.817. The number of nitrogens with zero attached hydrogens (tertiary/aromatic N) is 1. The molecule has 0 saturated carbocycles. The van der Waals surface area contributed by atoms with Crippen molar-refractivity contribution in [2.24, 2.45) is 0 Å². The van der Waals surface area contributed by atoms with E-state index >= 15 is 0 Å². The minimum absolute atomic E-state index is 0.0236. The second-order valence-electron chi connectivity index (χ2n) is 5.67. The maximum absolute atomic E-state index is 12.7. The Morgan fingerprint density at radius 1 is 1.04 bits per heavy atom. The van der Waals surface area contributed by atoms with Gasteiger partial charge in [0.15, 0.2) is 0 Å². The summed E-state index contributed by atoms with van der Waals surface area (Å²) < 4.78 is 0. The highest BCUT2D eigenvalue weighted by Gasteiger charge is 2.38. The van der Waals surface area contributed by atoms with Gasteiger partial charge in [-0.15, -0.1) is 0 Å². The molecule has 2 aromatic rings. The monoisotopic (exact) mass is 388 g/mol. The van der Waals surface area contributed by atoms with Crippen LogP contribution in [0.2, 0.25) is 5.02 Å². The van der Waals surface area contributed by atoms with E-state index < -0.39 is 11.8 Å². The van der Waals surface area contributed by atoms with Gasteiger partial charge < -0.3 is 5.32 Å². The molecule has 0 radical (unpaired) electrons. The zero-order valence-electron chi connectivity index (χ0n) is 13.8. The van der Waals surface area contributed by atoms with Crippen LogP contribution < -0.4 is 5.32 Å². The standard InChI is InChI=1S/C19H14Cl2N2O3/c1-22-17(24)13-4-2-3-11(9-13)10-23-18(25)15(16(21)19(23)26)12-5-7-14(20)8-6-12/h2-9H,10H2,1H3,(H,22,24). The predicted molar refractivity (Wildman–Crippen MR) is 99.6 cm³/mol. The molecule has 0 unspecified atom stereocenters. The lowest BCUT2D eigenvalue weighted by atomic mass is 10.1. The van der Waals surface area contributed by atoms with Crippen molar-refractivity contribution in [2.45, 2.75) is 6.54 Å². The summed E-state index contributed by atoms with van der Waals surface area (Å²) in [6, 6.07) is 13.2. The second-order valence-corrected chi connectivity index (χ2v) is 6.49. The molecule has 132 valence electrons. The Bertz CT molecular complexity index is 936. The van der Waals surface area contributed by atoms with Gasteiger partial charge in [0.2, 0.25) is 0 Å². The van der Waals surface area contributed by atoms with Crippen molar-refractivity contribution in [2.75, 3.05) is 7.05 Å². The van der Waals surface area contributed by atoms with Crippen molar-refractivity contribution in [1.29, 1.82) is 0 Å².